The fourth-order valence-electron chi connectivity index (χ4n) is 3.76. The molecule has 1 aliphatic rings. The maximum Gasteiger partial charge on any atom is 0.411 e. The first kappa shape index (κ1) is 22.0. The summed E-state index contributed by atoms with van der Waals surface area (Å²) in [5.41, 5.74) is 3.47. The van der Waals surface area contributed by atoms with Crippen LogP contribution in [0, 0.1) is 0 Å². The molecular weight excluding hydrogens is 422 g/mol. The van der Waals surface area contributed by atoms with Gasteiger partial charge in [-0.05, 0) is 48.2 Å². The van der Waals surface area contributed by atoms with Crippen LogP contribution in [0.1, 0.15) is 41.4 Å². The molecule has 4 rings (SSSR count). The molecule has 2 aromatic carbocycles. The Morgan fingerprint density at radius 1 is 0.970 bits per heavy atom. The molecule has 0 saturated heterocycles. The van der Waals surface area contributed by atoms with E-state index in [2.05, 4.69) is 27.8 Å². The van der Waals surface area contributed by atoms with Crippen LogP contribution in [0.3, 0.4) is 0 Å². The fourth-order valence-corrected chi connectivity index (χ4v) is 3.76. The van der Waals surface area contributed by atoms with E-state index < -0.39 is 23.5 Å². The van der Waals surface area contributed by atoms with Gasteiger partial charge in [0.1, 0.15) is 17.8 Å². The topological polar surface area (TPSA) is 118 Å². The molecule has 1 aromatic heterocycles. The molecule has 168 valence electrons. The average Bonchev–Trinajstić information content (AvgIpc) is 3.11. The van der Waals surface area contributed by atoms with Gasteiger partial charge >= 0.3 is 12.1 Å². The lowest BCUT2D eigenvalue weighted by Crippen LogP contribution is -2.49. The van der Waals surface area contributed by atoms with E-state index in [1.54, 1.807) is 0 Å². The van der Waals surface area contributed by atoms with Crippen LogP contribution in [0.25, 0.3) is 11.1 Å². The summed E-state index contributed by atoms with van der Waals surface area (Å²) in [6.07, 6.45) is 0.673. The monoisotopic (exact) mass is 445 g/mol. The number of anilines is 1. The lowest BCUT2D eigenvalue weighted by molar-refractivity contribution is -0.143. The third-order valence-electron chi connectivity index (χ3n) is 5.55. The maximum absolute atomic E-state index is 12.4. The summed E-state index contributed by atoms with van der Waals surface area (Å²) in [5.74, 6) is -1.84. The lowest BCUT2D eigenvalue weighted by atomic mass is 9.98. The summed E-state index contributed by atoms with van der Waals surface area (Å²) in [7, 11) is 0. The van der Waals surface area contributed by atoms with Crippen molar-refractivity contribution in [1.82, 2.24) is 10.3 Å². The minimum Gasteiger partial charge on any atom is -0.480 e. The van der Waals surface area contributed by atoms with E-state index in [1.165, 1.54) is 32.2 Å². The SMILES string of the molecule is CC(C)(NC(=O)c1ccc(NC(=O)OCC2c3ccccc3-c3ccccc32)cn1)C(=O)O. The van der Waals surface area contributed by atoms with E-state index in [1.807, 2.05) is 36.4 Å². The number of aliphatic carboxylic acids is 1. The van der Waals surface area contributed by atoms with Crippen molar-refractivity contribution in [3.63, 3.8) is 0 Å². The Hall–Kier alpha value is -4.20. The number of carboxylic acids is 1. The van der Waals surface area contributed by atoms with Gasteiger partial charge in [0.25, 0.3) is 5.91 Å². The van der Waals surface area contributed by atoms with Crippen molar-refractivity contribution in [1.29, 1.82) is 0 Å². The van der Waals surface area contributed by atoms with Crippen LogP contribution in [0.15, 0.2) is 66.9 Å². The van der Waals surface area contributed by atoms with Crippen LogP contribution in [-0.2, 0) is 9.53 Å². The van der Waals surface area contributed by atoms with Gasteiger partial charge in [0.15, 0.2) is 0 Å². The molecule has 0 atom stereocenters. The predicted molar refractivity (Wildman–Crippen MR) is 122 cm³/mol. The minimum absolute atomic E-state index is 0.0300. The Morgan fingerprint density at radius 2 is 1.58 bits per heavy atom. The van der Waals surface area contributed by atoms with Crippen LogP contribution in [0.2, 0.25) is 0 Å². The Labute approximate surface area is 190 Å². The highest BCUT2D eigenvalue weighted by Crippen LogP contribution is 2.44. The number of ether oxygens (including phenoxy) is 1. The number of rotatable bonds is 6. The predicted octanol–water partition coefficient (Wildman–Crippen LogP) is 4.04. The van der Waals surface area contributed by atoms with Gasteiger partial charge in [-0.15, -0.1) is 0 Å². The normalized spacial score (nSPS) is 12.4. The lowest BCUT2D eigenvalue weighted by Gasteiger charge is -2.20. The molecule has 33 heavy (non-hydrogen) atoms. The number of carbonyl (C=O) groups excluding carboxylic acids is 2. The molecule has 0 fully saturated rings. The van der Waals surface area contributed by atoms with Gasteiger partial charge in [0, 0.05) is 5.92 Å². The van der Waals surface area contributed by atoms with Crippen LogP contribution in [-0.4, -0.2) is 40.2 Å². The molecule has 1 aliphatic carbocycles. The number of aromatic nitrogens is 1. The summed E-state index contributed by atoms with van der Waals surface area (Å²) in [6.45, 7) is 2.93. The van der Waals surface area contributed by atoms with E-state index in [-0.39, 0.29) is 18.2 Å². The van der Waals surface area contributed by atoms with E-state index in [4.69, 9.17) is 9.84 Å². The van der Waals surface area contributed by atoms with Crippen molar-refractivity contribution >= 4 is 23.7 Å². The smallest absolute Gasteiger partial charge is 0.411 e. The van der Waals surface area contributed by atoms with E-state index in [0.29, 0.717) is 5.69 Å². The van der Waals surface area contributed by atoms with E-state index in [0.717, 1.165) is 22.3 Å². The van der Waals surface area contributed by atoms with Crippen LogP contribution < -0.4 is 10.6 Å². The number of carboxylic acid groups (broad SMARTS) is 1. The van der Waals surface area contributed by atoms with Crippen LogP contribution in [0.5, 0.6) is 0 Å². The van der Waals surface area contributed by atoms with Gasteiger partial charge in [0.2, 0.25) is 0 Å². The number of fused-ring (bicyclic) bond motifs is 3. The van der Waals surface area contributed by atoms with Gasteiger partial charge in [-0.25, -0.2) is 14.6 Å². The van der Waals surface area contributed by atoms with Crippen molar-refractivity contribution in [2.75, 3.05) is 11.9 Å². The quantitative estimate of drug-likeness (QED) is 0.527. The first-order valence-electron chi connectivity index (χ1n) is 10.4. The van der Waals surface area contributed by atoms with Crippen LogP contribution in [0.4, 0.5) is 10.5 Å². The van der Waals surface area contributed by atoms with Crippen LogP contribution >= 0.6 is 0 Å². The number of carbonyl (C=O) groups is 3. The molecule has 8 nitrogen and oxygen atoms in total. The van der Waals surface area contributed by atoms with E-state index in [9.17, 15) is 14.4 Å². The summed E-state index contributed by atoms with van der Waals surface area (Å²) >= 11 is 0. The van der Waals surface area contributed by atoms with Gasteiger partial charge in [-0.3, -0.25) is 10.1 Å². The van der Waals surface area contributed by atoms with Gasteiger partial charge < -0.3 is 15.2 Å². The molecule has 0 unspecified atom stereocenters. The van der Waals surface area contributed by atoms with Gasteiger partial charge in [0.05, 0.1) is 11.9 Å². The second-order valence-corrected chi connectivity index (χ2v) is 8.27. The molecule has 1 heterocycles. The van der Waals surface area contributed by atoms with Gasteiger partial charge in [-0.1, -0.05) is 48.5 Å². The number of hydrogen-bond acceptors (Lipinski definition) is 5. The highest BCUT2D eigenvalue weighted by atomic mass is 16.5. The van der Waals surface area contributed by atoms with Crippen molar-refractivity contribution in [2.45, 2.75) is 25.3 Å². The molecular formula is C25H23N3O5. The summed E-state index contributed by atoms with van der Waals surface area (Å²) < 4.78 is 5.49. The number of nitrogens with zero attached hydrogens (tertiary/aromatic N) is 1. The molecule has 0 bridgehead atoms. The molecule has 0 spiro atoms. The zero-order chi connectivity index (χ0) is 23.6. The largest absolute Gasteiger partial charge is 0.480 e. The van der Waals surface area contributed by atoms with Crippen molar-refractivity contribution in [3.05, 3.63) is 83.7 Å². The number of pyridine rings is 1. The average molecular weight is 445 g/mol. The highest BCUT2D eigenvalue weighted by molar-refractivity contribution is 5.96. The number of nitrogens with one attached hydrogen (secondary N) is 2. The Bertz CT molecular complexity index is 1180. The Balaban J connectivity index is 1.37. The highest BCUT2D eigenvalue weighted by Gasteiger charge is 2.30. The number of hydrogen-bond donors (Lipinski definition) is 3. The second kappa shape index (κ2) is 8.74. The Kier molecular flexibility index (Phi) is 5.83. The molecule has 3 aromatic rings. The maximum atomic E-state index is 12.4. The number of amides is 2. The zero-order valence-corrected chi connectivity index (χ0v) is 18.2. The minimum atomic E-state index is -1.43. The third-order valence-corrected chi connectivity index (χ3v) is 5.55. The standard InChI is InChI=1S/C25H23N3O5/c1-25(2,23(30)31)28-22(29)21-12-11-15(13-26-21)27-24(32)33-14-20-18-9-5-3-7-16(18)17-8-4-6-10-19(17)20/h3-13,20H,14H2,1-2H3,(H,27,32)(H,28,29)(H,30,31). The molecule has 8 heteroatoms. The summed E-state index contributed by atoms with van der Waals surface area (Å²) in [4.78, 5) is 39.7. The third kappa shape index (κ3) is 4.55. The summed E-state index contributed by atoms with van der Waals surface area (Å²) in [6, 6.07) is 19.0. The van der Waals surface area contributed by atoms with Crippen molar-refractivity contribution in [3.8, 4) is 11.1 Å². The molecule has 0 aliphatic heterocycles. The molecule has 0 saturated carbocycles. The Morgan fingerprint density at radius 3 is 2.12 bits per heavy atom. The molecule has 3 N–H and O–H groups in total. The van der Waals surface area contributed by atoms with E-state index >= 15 is 0 Å². The second-order valence-electron chi connectivity index (χ2n) is 8.27. The van der Waals surface area contributed by atoms with Gasteiger partial charge in [-0.2, -0.15) is 0 Å². The fraction of sp³-hybridized carbons (Fsp3) is 0.200. The van der Waals surface area contributed by atoms with Crippen molar-refractivity contribution < 1.29 is 24.2 Å². The summed E-state index contributed by atoms with van der Waals surface area (Å²) in [5, 5.41) is 14.1. The first-order valence-corrected chi connectivity index (χ1v) is 10.4. The number of benzene rings is 2. The van der Waals surface area contributed by atoms with Crippen molar-refractivity contribution in [2.24, 2.45) is 0 Å². The first-order chi connectivity index (χ1) is 15.8. The zero-order valence-electron chi connectivity index (χ0n) is 18.2. The molecule has 0 radical (unpaired) electrons. The molecule has 2 amide bonds.